The lowest BCUT2D eigenvalue weighted by atomic mass is 9.79. The third-order valence-electron chi connectivity index (χ3n) is 1.86. The molecule has 13 heavy (non-hydrogen) atoms. The molecule has 2 N–H and O–H groups in total. The van der Waals surface area contributed by atoms with E-state index in [-0.39, 0.29) is 0 Å². The van der Waals surface area contributed by atoms with Gasteiger partial charge in [0.25, 0.3) is 0 Å². The summed E-state index contributed by atoms with van der Waals surface area (Å²) in [6, 6.07) is 6.98. The summed E-state index contributed by atoms with van der Waals surface area (Å²) in [6.07, 6.45) is 1.57. The SMILES string of the molecule is OB(O)c1cccc2ccnnc12. The third kappa shape index (κ3) is 1.39. The van der Waals surface area contributed by atoms with Gasteiger partial charge in [-0.2, -0.15) is 10.2 Å². The number of aromatic nitrogens is 2. The summed E-state index contributed by atoms with van der Waals surface area (Å²) in [5.41, 5.74) is 0.908. The van der Waals surface area contributed by atoms with Gasteiger partial charge in [0.2, 0.25) is 0 Å². The Kier molecular flexibility index (Phi) is 1.96. The Labute approximate surface area is 75.0 Å². The molecule has 1 aromatic carbocycles. The van der Waals surface area contributed by atoms with Gasteiger partial charge in [-0.05, 0) is 6.07 Å². The molecule has 0 unspecified atom stereocenters. The van der Waals surface area contributed by atoms with Gasteiger partial charge in [0.15, 0.2) is 0 Å². The first-order valence-corrected chi connectivity index (χ1v) is 3.85. The van der Waals surface area contributed by atoms with Crippen molar-refractivity contribution in [3.8, 4) is 0 Å². The zero-order valence-corrected chi connectivity index (χ0v) is 6.75. The van der Waals surface area contributed by atoms with E-state index in [2.05, 4.69) is 10.2 Å². The van der Waals surface area contributed by atoms with Crippen molar-refractivity contribution in [1.82, 2.24) is 10.2 Å². The first-order valence-electron chi connectivity index (χ1n) is 3.85. The third-order valence-corrected chi connectivity index (χ3v) is 1.86. The normalized spacial score (nSPS) is 10.3. The van der Waals surface area contributed by atoms with Crippen molar-refractivity contribution in [2.45, 2.75) is 0 Å². The summed E-state index contributed by atoms with van der Waals surface area (Å²) in [5, 5.41) is 26.4. The van der Waals surface area contributed by atoms with Crippen molar-refractivity contribution in [3.63, 3.8) is 0 Å². The summed E-state index contributed by atoms with van der Waals surface area (Å²) >= 11 is 0. The van der Waals surface area contributed by atoms with Crippen LogP contribution in [0.5, 0.6) is 0 Å². The van der Waals surface area contributed by atoms with Crippen molar-refractivity contribution < 1.29 is 10.0 Å². The van der Waals surface area contributed by atoms with Gasteiger partial charge < -0.3 is 10.0 Å². The molecular formula is C8H7BN2O2. The van der Waals surface area contributed by atoms with Crippen LogP contribution in [-0.2, 0) is 0 Å². The fourth-order valence-corrected chi connectivity index (χ4v) is 1.24. The molecule has 2 aromatic rings. The predicted molar refractivity (Wildman–Crippen MR) is 49.4 cm³/mol. The van der Waals surface area contributed by atoms with Crippen LogP contribution in [0.25, 0.3) is 10.9 Å². The van der Waals surface area contributed by atoms with E-state index in [1.165, 1.54) is 0 Å². The second-order valence-electron chi connectivity index (χ2n) is 2.69. The minimum absolute atomic E-state index is 0.380. The van der Waals surface area contributed by atoms with E-state index >= 15 is 0 Å². The molecule has 0 radical (unpaired) electrons. The second kappa shape index (κ2) is 3.12. The van der Waals surface area contributed by atoms with Gasteiger partial charge in [-0.25, -0.2) is 0 Å². The molecule has 0 fully saturated rings. The van der Waals surface area contributed by atoms with Gasteiger partial charge >= 0.3 is 7.12 Å². The second-order valence-corrected chi connectivity index (χ2v) is 2.69. The highest BCUT2D eigenvalue weighted by Gasteiger charge is 2.14. The lowest BCUT2D eigenvalue weighted by molar-refractivity contribution is 0.426. The van der Waals surface area contributed by atoms with E-state index in [9.17, 15) is 0 Å². The predicted octanol–water partition coefficient (Wildman–Crippen LogP) is -0.690. The maximum atomic E-state index is 9.01. The summed E-state index contributed by atoms with van der Waals surface area (Å²) in [6.45, 7) is 0. The molecule has 4 nitrogen and oxygen atoms in total. The Morgan fingerprint density at radius 1 is 1.15 bits per heavy atom. The minimum atomic E-state index is -1.50. The van der Waals surface area contributed by atoms with Crippen molar-refractivity contribution in [2.75, 3.05) is 0 Å². The van der Waals surface area contributed by atoms with E-state index < -0.39 is 7.12 Å². The van der Waals surface area contributed by atoms with Gasteiger partial charge in [-0.1, -0.05) is 18.2 Å². The fourth-order valence-electron chi connectivity index (χ4n) is 1.24. The van der Waals surface area contributed by atoms with Crippen LogP contribution in [0.1, 0.15) is 0 Å². The molecule has 0 aliphatic carbocycles. The number of nitrogens with zero attached hydrogens (tertiary/aromatic N) is 2. The highest BCUT2D eigenvalue weighted by molar-refractivity contribution is 6.61. The Morgan fingerprint density at radius 3 is 2.77 bits per heavy atom. The van der Waals surface area contributed by atoms with Gasteiger partial charge in [0.1, 0.15) is 0 Å². The number of rotatable bonds is 1. The Bertz CT molecular complexity index is 428. The molecule has 0 amide bonds. The average Bonchev–Trinajstić information content (AvgIpc) is 2.17. The molecule has 0 spiro atoms. The summed E-state index contributed by atoms with van der Waals surface area (Å²) in [7, 11) is -1.50. The zero-order chi connectivity index (χ0) is 9.26. The molecule has 0 saturated heterocycles. The van der Waals surface area contributed by atoms with Crippen LogP contribution in [0, 0.1) is 0 Å². The van der Waals surface area contributed by atoms with Crippen molar-refractivity contribution >= 4 is 23.5 Å². The van der Waals surface area contributed by atoms with E-state index in [1.54, 1.807) is 24.4 Å². The molecule has 0 aliphatic rings. The summed E-state index contributed by atoms with van der Waals surface area (Å²) in [4.78, 5) is 0. The molecule has 0 bridgehead atoms. The number of fused-ring (bicyclic) bond motifs is 1. The molecule has 2 rings (SSSR count). The lowest BCUT2D eigenvalue weighted by Crippen LogP contribution is -2.30. The fraction of sp³-hybridized carbons (Fsp3) is 0. The van der Waals surface area contributed by atoms with E-state index in [4.69, 9.17) is 10.0 Å². The molecule has 1 aromatic heterocycles. The molecular weight excluding hydrogens is 167 g/mol. The van der Waals surface area contributed by atoms with E-state index in [0.717, 1.165) is 5.39 Å². The number of hydrogen-bond donors (Lipinski definition) is 2. The van der Waals surface area contributed by atoms with Crippen LogP contribution in [0.2, 0.25) is 0 Å². The molecule has 0 atom stereocenters. The Balaban J connectivity index is 2.76. The van der Waals surface area contributed by atoms with Crippen LogP contribution < -0.4 is 5.46 Å². The minimum Gasteiger partial charge on any atom is -0.423 e. The highest BCUT2D eigenvalue weighted by Crippen LogP contribution is 2.06. The van der Waals surface area contributed by atoms with Crippen LogP contribution in [0.3, 0.4) is 0 Å². The molecule has 1 heterocycles. The van der Waals surface area contributed by atoms with Gasteiger partial charge in [-0.3, -0.25) is 0 Å². The Morgan fingerprint density at radius 2 is 2.00 bits per heavy atom. The van der Waals surface area contributed by atoms with E-state index in [1.807, 2.05) is 6.07 Å². The van der Waals surface area contributed by atoms with Gasteiger partial charge in [0.05, 0.1) is 11.7 Å². The smallest absolute Gasteiger partial charge is 0.423 e. The van der Waals surface area contributed by atoms with E-state index in [0.29, 0.717) is 11.0 Å². The number of benzene rings is 1. The van der Waals surface area contributed by atoms with Crippen molar-refractivity contribution in [3.05, 3.63) is 30.5 Å². The summed E-state index contributed by atoms with van der Waals surface area (Å²) in [5.74, 6) is 0. The monoisotopic (exact) mass is 174 g/mol. The van der Waals surface area contributed by atoms with Crippen molar-refractivity contribution in [2.24, 2.45) is 0 Å². The van der Waals surface area contributed by atoms with Crippen LogP contribution in [-0.4, -0.2) is 27.4 Å². The quantitative estimate of drug-likeness (QED) is 0.561. The lowest BCUT2D eigenvalue weighted by Gasteiger charge is -2.01. The molecule has 0 aliphatic heterocycles. The molecule has 0 saturated carbocycles. The topological polar surface area (TPSA) is 66.2 Å². The average molecular weight is 174 g/mol. The van der Waals surface area contributed by atoms with Crippen LogP contribution in [0.4, 0.5) is 0 Å². The van der Waals surface area contributed by atoms with Crippen LogP contribution >= 0.6 is 0 Å². The summed E-state index contributed by atoms with van der Waals surface area (Å²) < 4.78 is 0. The zero-order valence-electron chi connectivity index (χ0n) is 6.75. The van der Waals surface area contributed by atoms with Gasteiger partial charge in [0, 0.05) is 10.8 Å². The maximum absolute atomic E-state index is 9.01. The standard InChI is InChI=1S/C8H7BN2O2/c12-9(13)7-3-1-2-6-4-5-10-11-8(6)7/h1-5,12-13H. The van der Waals surface area contributed by atoms with Crippen LogP contribution in [0.15, 0.2) is 30.5 Å². The van der Waals surface area contributed by atoms with Gasteiger partial charge in [-0.15, -0.1) is 0 Å². The Hall–Kier alpha value is -1.46. The first kappa shape index (κ1) is 8.16. The maximum Gasteiger partial charge on any atom is 0.490 e. The highest BCUT2D eigenvalue weighted by atomic mass is 16.4. The van der Waals surface area contributed by atoms with Crippen molar-refractivity contribution in [1.29, 1.82) is 0 Å². The first-order chi connectivity index (χ1) is 6.29. The largest absolute Gasteiger partial charge is 0.490 e. The number of hydrogen-bond acceptors (Lipinski definition) is 4. The molecule has 5 heteroatoms. The molecule has 64 valence electrons.